The molecule has 0 aliphatic rings. The highest BCUT2D eigenvalue weighted by Gasteiger charge is 2.11. The summed E-state index contributed by atoms with van der Waals surface area (Å²) < 4.78 is 19.1. The van der Waals surface area contributed by atoms with E-state index in [1.54, 1.807) is 38.3 Å². The molecule has 0 unspecified atom stereocenters. The van der Waals surface area contributed by atoms with Gasteiger partial charge in [0.2, 0.25) is 0 Å². The molecule has 2 aromatic carbocycles. The number of halogens is 2. The zero-order valence-electron chi connectivity index (χ0n) is 11.0. The van der Waals surface area contributed by atoms with Crippen molar-refractivity contribution < 1.29 is 13.9 Å². The molecule has 0 saturated heterocycles. The van der Waals surface area contributed by atoms with E-state index in [-0.39, 0.29) is 11.5 Å². The topological polar surface area (TPSA) is 38.3 Å². The highest BCUT2D eigenvalue weighted by molar-refractivity contribution is 9.10. The Morgan fingerprint density at radius 1 is 1.25 bits per heavy atom. The van der Waals surface area contributed by atoms with Gasteiger partial charge in [0.1, 0.15) is 11.6 Å². The molecule has 2 aromatic rings. The van der Waals surface area contributed by atoms with E-state index in [0.29, 0.717) is 17.0 Å². The van der Waals surface area contributed by atoms with Crippen LogP contribution in [0.4, 0.5) is 10.1 Å². The lowest BCUT2D eigenvalue weighted by Crippen LogP contribution is -2.13. The van der Waals surface area contributed by atoms with Gasteiger partial charge in [-0.05, 0) is 58.7 Å². The highest BCUT2D eigenvalue weighted by Crippen LogP contribution is 2.27. The third-order valence-corrected chi connectivity index (χ3v) is 3.42. The standard InChI is InChI=1S/C15H13BrFNO2/c1-9-5-10(7-11(17)6-9)15(19)18-14-8-12(20-2)3-4-13(14)16/h3-8H,1-2H3,(H,18,19). The van der Waals surface area contributed by atoms with Crippen LogP contribution in [-0.4, -0.2) is 13.0 Å². The Bertz CT molecular complexity index is 638. The normalized spacial score (nSPS) is 10.2. The van der Waals surface area contributed by atoms with E-state index >= 15 is 0 Å². The van der Waals surface area contributed by atoms with Crippen LogP contribution in [-0.2, 0) is 0 Å². The van der Waals surface area contributed by atoms with Gasteiger partial charge in [-0.25, -0.2) is 4.39 Å². The predicted octanol–water partition coefficient (Wildman–Crippen LogP) is 4.16. The Morgan fingerprint density at radius 3 is 2.65 bits per heavy atom. The molecule has 0 aliphatic heterocycles. The second-order valence-electron chi connectivity index (χ2n) is 4.32. The van der Waals surface area contributed by atoms with E-state index in [9.17, 15) is 9.18 Å². The van der Waals surface area contributed by atoms with Gasteiger partial charge in [0.25, 0.3) is 5.91 Å². The number of hydrogen-bond acceptors (Lipinski definition) is 2. The Morgan fingerprint density at radius 2 is 2.00 bits per heavy atom. The summed E-state index contributed by atoms with van der Waals surface area (Å²) in [6.07, 6.45) is 0. The van der Waals surface area contributed by atoms with Crippen molar-refractivity contribution in [2.75, 3.05) is 12.4 Å². The minimum Gasteiger partial charge on any atom is -0.497 e. The molecule has 0 heterocycles. The third kappa shape index (κ3) is 3.36. The molecule has 0 bridgehead atoms. The van der Waals surface area contributed by atoms with Gasteiger partial charge in [0, 0.05) is 16.1 Å². The number of carbonyl (C=O) groups is 1. The predicted molar refractivity (Wildman–Crippen MR) is 79.8 cm³/mol. The quantitative estimate of drug-likeness (QED) is 0.913. The number of aryl methyl sites for hydroxylation is 1. The summed E-state index contributed by atoms with van der Waals surface area (Å²) in [4.78, 5) is 12.1. The second-order valence-corrected chi connectivity index (χ2v) is 5.17. The van der Waals surface area contributed by atoms with E-state index in [1.165, 1.54) is 12.1 Å². The number of nitrogens with one attached hydrogen (secondary N) is 1. The molecule has 2 rings (SSSR count). The first kappa shape index (κ1) is 14.5. The Kier molecular flexibility index (Phi) is 4.39. The van der Waals surface area contributed by atoms with E-state index in [0.717, 1.165) is 4.47 Å². The maximum absolute atomic E-state index is 13.3. The number of carbonyl (C=O) groups excluding carboxylic acids is 1. The van der Waals surface area contributed by atoms with Gasteiger partial charge in [0.15, 0.2) is 0 Å². The van der Waals surface area contributed by atoms with Crippen molar-refractivity contribution in [1.29, 1.82) is 0 Å². The van der Waals surface area contributed by atoms with Gasteiger partial charge in [-0.15, -0.1) is 0 Å². The van der Waals surface area contributed by atoms with Gasteiger partial charge in [-0.3, -0.25) is 4.79 Å². The van der Waals surface area contributed by atoms with Crippen LogP contribution in [0.2, 0.25) is 0 Å². The molecule has 0 fully saturated rings. The summed E-state index contributed by atoms with van der Waals surface area (Å²) in [5, 5.41) is 2.72. The minimum absolute atomic E-state index is 0.275. The van der Waals surface area contributed by atoms with E-state index in [2.05, 4.69) is 21.2 Å². The van der Waals surface area contributed by atoms with Crippen molar-refractivity contribution in [1.82, 2.24) is 0 Å². The highest BCUT2D eigenvalue weighted by atomic mass is 79.9. The smallest absolute Gasteiger partial charge is 0.255 e. The van der Waals surface area contributed by atoms with Gasteiger partial charge in [-0.1, -0.05) is 0 Å². The lowest BCUT2D eigenvalue weighted by atomic mass is 10.1. The van der Waals surface area contributed by atoms with Crippen LogP contribution in [0, 0.1) is 12.7 Å². The molecule has 0 aromatic heterocycles. The molecule has 0 radical (unpaired) electrons. The molecule has 1 amide bonds. The molecule has 0 saturated carbocycles. The van der Waals surface area contributed by atoms with Gasteiger partial charge in [0.05, 0.1) is 12.8 Å². The summed E-state index contributed by atoms with van der Waals surface area (Å²) >= 11 is 3.35. The zero-order chi connectivity index (χ0) is 14.7. The molecule has 0 spiro atoms. The van der Waals surface area contributed by atoms with Crippen LogP contribution >= 0.6 is 15.9 Å². The monoisotopic (exact) mass is 337 g/mol. The van der Waals surface area contributed by atoms with Crippen LogP contribution in [0.15, 0.2) is 40.9 Å². The SMILES string of the molecule is COc1ccc(Br)c(NC(=O)c2cc(C)cc(F)c2)c1. The van der Waals surface area contributed by atoms with Crippen molar-refractivity contribution in [3.05, 3.63) is 57.8 Å². The summed E-state index contributed by atoms with van der Waals surface area (Å²) in [5.74, 6) is -0.180. The van der Waals surface area contributed by atoms with Crippen molar-refractivity contribution >= 4 is 27.5 Å². The first-order chi connectivity index (χ1) is 9.49. The van der Waals surface area contributed by atoms with Gasteiger partial charge >= 0.3 is 0 Å². The van der Waals surface area contributed by atoms with Crippen LogP contribution in [0.25, 0.3) is 0 Å². The summed E-state index contributed by atoms with van der Waals surface area (Å²) in [5.41, 5.74) is 1.54. The van der Waals surface area contributed by atoms with Crippen LogP contribution in [0.5, 0.6) is 5.75 Å². The second kappa shape index (κ2) is 6.05. The number of hydrogen-bond donors (Lipinski definition) is 1. The maximum atomic E-state index is 13.3. The largest absolute Gasteiger partial charge is 0.497 e. The molecular weight excluding hydrogens is 325 g/mol. The lowest BCUT2D eigenvalue weighted by molar-refractivity contribution is 0.102. The Labute approximate surface area is 124 Å². The van der Waals surface area contributed by atoms with E-state index in [1.807, 2.05) is 0 Å². The average molecular weight is 338 g/mol. The average Bonchev–Trinajstić information content (AvgIpc) is 2.40. The molecular formula is C15H13BrFNO2. The number of anilines is 1. The van der Waals surface area contributed by atoms with Crippen LogP contribution in [0.1, 0.15) is 15.9 Å². The zero-order valence-corrected chi connectivity index (χ0v) is 12.6. The fourth-order valence-electron chi connectivity index (χ4n) is 1.79. The fraction of sp³-hybridized carbons (Fsp3) is 0.133. The maximum Gasteiger partial charge on any atom is 0.255 e. The molecule has 0 aliphatic carbocycles. The van der Waals surface area contributed by atoms with Crippen LogP contribution in [0.3, 0.4) is 0 Å². The van der Waals surface area contributed by atoms with Crippen molar-refractivity contribution in [2.24, 2.45) is 0 Å². The number of methoxy groups -OCH3 is 1. The molecule has 1 N–H and O–H groups in total. The van der Waals surface area contributed by atoms with E-state index < -0.39 is 5.82 Å². The summed E-state index contributed by atoms with van der Waals surface area (Å²) in [6, 6.07) is 9.44. The number of ether oxygens (including phenoxy) is 1. The molecule has 5 heteroatoms. The summed E-state index contributed by atoms with van der Waals surface area (Å²) in [7, 11) is 1.55. The van der Waals surface area contributed by atoms with Gasteiger partial charge < -0.3 is 10.1 Å². The Balaban J connectivity index is 2.27. The Hall–Kier alpha value is -1.88. The van der Waals surface area contributed by atoms with Crippen molar-refractivity contribution in [2.45, 2.75) is 6.92 Å². The fourth-order valence-corrected chi connectivity index (χ4v) is 2.13. The van der Waals surface area contributed by atoms with Crippen molar-refractivity contribution in [3.8, 4) is 5.75 Å². The number of benzene rings is 2. The molecule has 104 valence electrons. The number of amides is 1. The first-order valence-corrected chi connectivity index (χ1v) is 6.71. The molecule has 20 heavy (non-hydrogen) atoms. The van der Waals surface area contributed by atoms with Crippen molar-refractivity contribution in [3.63, 3.8) is 0 Å². The molecule has 3 nitrogen and oxygen atoms in total. The van der Waals surface area contributed by atoms with Crippen LogP contribution < -0.4 is 10.1 Å². The van der Waals surface area contributed by atoms with E-state index in [4.69, 9.17) is 4.74 Å². The third-order valence-electron chi connectivity index (χ3n) is 2.73. The number of rotatable bonds is 3. The lowest BCUT2D eigenvalue weighted by Gasteiger charge is -2.10. The minimum atomic E-state index is -0.431. The molecule has 0 atom stereocenters. The van der Waals surface area contributed by atoms with Gasteiger partial charge in [-0.2, -0.15) is 0 Å². The summed E-state index contributed by atoms with van der Waals surface area (Å²) in [6.45, 7) is 1.74. The first-order valence-electron chi connectivity index (χ1n) is 5.91.